The van der Waals surface area contributed by atoms with Crippen molar-refractivity contribution in [2.24, 2.45) is 0 Å². The maximum absolute atomic E-state index is 12.7. The van der Waals surface area contributed by atoms with E-state index < -0.39 is 0 Å². The van der Waals surface area contributed by atoms with Gasteiger partial charge in [0.15, 0.2) is 0 Å². The number of carbonyl (C=O) groups is 3. The largest absolute Gasteiger partial charge is 0.497 e. The first-order chi connectivity index (χ1) is 14.5. The number of fused-ring (bicyclic) bond motifs is 1. The van der Waals surface area contributed by atoms with Crippen LogP contribution in [0, 0.1) is 0 Å². The fraction of sp³-hybridized carbons (Fsp3) is 0.348. The standard InChI is InChI=1S/C23H25N3O4/c1-30-19-5-2-4-17(12-19)13-24-22(28)18-9-7-16(8-10-18)14-25-15-21(27)26-11-3-6-20(26)23(25)29/h2,4-5,7-10,12,20H,3,6,11,13-15H2,1H3,(H,24,28). The monoisotopic (exact) mass is 407 g/mol. The predicted molar refractivity (Wildman–Crippen MR) is 111 cm³/mol. The maximum Gasteiger partial charge on any atom is 0.251 e. The number of hydrogen-bond donors (Lipinski definition) is 1. The highest BCUT2D eigenvalue weighted by molar-refractivity contribution is 5.95. The lowest BCUT2D eigenvalue weighted by Gasteiger charge is -2.36. The zero-order chi connectivity index (χ0) is 21.1. The number of methoxy groups -OCH3 is 1. The molecule has 0 bridgehead atoms. The van der Waals surface area contributed by atoms with Gasteiger partial charge in [0.05, 0.1) is 7.11 Å². The lowest BCUT2D eigenvalue weighted by atomic mass is 10.1. The minimum absolute atomic E-state index is 0.0191. The summed E-state index contributed by atoms with van der Waals surface area (Å²) in [6.45, 7) is 1.58. The highest BCUT2D eigenvalue weighted by atomic mass is 16.5. The van der Waals surface area contributed by atoms with Crippen molar-refractivity contribution in [3.05, 3.63) is 65.2 Å². The van der Waals surface area contributed by atoms with E-state index in [1.54, 1.807) is 29.0 Å². The first-order valence-electron chi connectivity index (χ1n) is 10.1. The fourth-order valence-corrected chi connectivity index (χ4v) is 4.05. The summed E-state index contributed by atoms with van der Waals surface area (Å²) in [5, 5.41) is 2.90. The average Bonchev–Trinajstić information content (AvgIpc) is 3.27. The fourth-order valence-electron chi connectivity index (χ4n) is 4.05. The minimum atomic E-state index is -0.298. The van der Waals surface area contributed by atoms with E-state index in [-0.39, 0.29) is 30.3 Å². The van der Waals surface area contributed by atoms with Crippen molar-refractivity contribution in [2.75, 3.05) is 20.2 Å². The second-order valence-electron chi connectivity index (χ2n) is 7.67. The molecule has 156 valence electrons. The Bertz CT molecular complexity index is 957. The molecule has 0 aliphatic carbocycles. The number of amides is 3. The Balaban J connectivity index is 1.35. The molecule has 0 aromatic heterocycles. The van der Waals surface area contributed by atoms with Crippen LogP contribution in [0.25, 0.3) is 0 Å². The van der Waals surface area contributed by atoms with Gasteiger partial charge in [-0.15, -0.1) is 0 Å². The van der Waals surface area contributed by atoms with Crippen LogP contribution in [0.3, 0.4) is 0 Å². The average molecular weight is 407 g/mol. The van der Waals surface area contributed by atoms with Gasteiger partial charge in [0.25, 0.3) is 5.91 Å². The van der Waals surface area contributed by atoms with E-state index >= 15 is 0 Å². The summed E-state index contributed by atoms with van der Waals surface area (Å²) in [6, 6.07) is 14.4. The lowest BCUT2D eigenvalue weighted by Crippen LogP contribution is -2.56. The van der Waals surface area contributed by atoms with Crippen LogP contribution in [0.5, 0.6) is 5.75 Å². The maximum atomic E-state index is 12.7. The highest BCUT2D eigenvalue weighted by Crippen LogP contribution is 2.24. The molecule has 7 heteroatoms. The Morgan fingerprint density at radius 2 is 1.93 bits per heavy atom. The van der Waals surface area contributed by atoms with Crippen molar-refractivity contribution >= 4 is 17.7 Å². The second kappa shape index (κ2) is 8.57. The number of ether oxygens (including phenoxy) is 1. The number of carbonyl (C=O) groups excluding carboxylic acids is 3. The SMILES string of the molecule is COc1cccc(CNC(=O)c2ccc(CN3CC(=O)N4CCCC4C3=O)cc2)c1. The van der Waals surface area contributed by atoms with Crippen molar-refractivity contribution in [1.29, 1.82) is 0 Å². The first kappa shape index (κ1) is 19.9. The van der Waals surface area contributed by atoms with Crippen molar-refractivity contribution in [2.45, 2.75) is 32.0 Å². The lowest BCUT2D eigenvalue weighted by molar-refractivity contribution is -0.154. The molecule has 0 saturated carbocycles. The molecule has 1 unspecified atom stereocenters. The van der Waals surface area contributed by atoms with Crippen molar-refractivity contribution in [1.82, 2.24) is 15.1 Å². The number of nitrogens with zero attached hydrogens (tertiary/aromatic N) is 2. The van der Waals surface area contributed by atoms with Gasteiger partial charge in [-0.1, -0.05) is 24.3 Å². The van der Waals surface area contributed by atoms with E-state index in [1.807, 2.05) is 36.4 Å². The number of piperazine rings is 1. The summed E-state index contributed by atoms with van der Waals surface area (Å²) < 4.78 is 5.19. The number of rotatable bonds is 6. The van der Waals surface area contributed by atoms with Gasteiger partial charge >= 0.3 is 0 Å². The Morgan fingerprint density at radius 1 is 1.13 bits per heavy atom. The van der Waals surface area contributed by atoms with Crippen molar-refractivity contribution in [3.8, 4) is 5.75 Å². The Labute approximate surface area is 175 Å². The number of nitrogens with one attached hydrogen (secondary N) is 1. The van der Waals surface area contributed by atoms with E-state index in [9.17, 15) is 14.4 Å². The summed E-state index contributed by atoms with van der Waals surface area (Å²) >= 11 is 0. The van der Waals surface area contributed by atoms with Crippen LogP contribution in [0.1, 0.15) is 34.3 Å². The van der Waals surface area contributed by atoms with Gasteiger partial charge in [0, 0.05) is 25.2 Å². The minimum Gasteiger partial charge on any atom is -0.497 e. The first-order valence-corrected chi connectivity index (χ1v) is 10.1. The summed E-state index contributed by atoms with van der Waals surface area (Å²) in [4.78, 5) is 40.7. The molecule has 1 atom stereocenters. The highest BCUT2D eigenvalue weighted by Gasteiger charge is 2.41. The summed E-state index contributed by atoms with van der Waals surface area (Å²) in [5.74, 6) is 0.616. The van der Waals surface area contributed by atoms with Crippen molar-refractivity contribution in [3.63, 3.8) is 0 Å². The van der Waals surface area contributed by atoms with E-state index in [0.29, 0.717) is 25.2 Å². The normalized spacial score (nSPS) is 18.4. The van der Waals surface area contributed by atoms with Gasteiger partial charge in [-0.2, -0.15) is 0 Å². The molecule has 2 fully saturated rings. The summed E-state index contributed by atoms with van der Waals surface area (Å²) in [7, 11) is 1.61. The Kier molecular flexibility index (Phi) is 5.70. The molecule has 2 aliphatic rings. The Morgan fingerprint density at radius 3 is 2.70 bits per heavy atom. The van der Waals surface area contributed by atoms with E-state index in [2.05, 4.69) is 5.32 Å². The van der Waals surface area contributed by atoms with Gasteiger partial charge in [-0.05, 0) is 48.2 Å². The van der Waals surface area contributed by atoms with Crippen molar-refractivity contribution < 1.29 is 19.1 Å². The molecule has 2 saturated heterocycles. The summed E-state index contributed by atoms with van der Waals surface area (Å²) in [5.41, 5.74) is 2.39. The second-order valence-corrected chi connectivity index (χ2v) is 7.67. The quantitative estimate of drug-likeness (QED) is 0.794. The molecule has 2 aromatic carbocycles. The topological polar surface area (TPSA) is 79.0 Å². The molecular weight excluding hydrogens is 382 g/mol. The predicted octanol–water partition coefficient (Wildman–Crippen LogP) is 1.96. The number of benzene rings is 2. The third-order valence-corrected chi connectivity index (χ3v) is 5.67. The Hall–Kier alpha value is -3.35. The van der Waals surface area contributed by atoms with E-state index in [0.717, 1.165) is 29.7 Å². The van der Waals surface area contributed by atoms with Gasteiger partial charge < -0.3 is 19.9 Å². The third-order valence-electron chi connectivity index (χ3n) is 5.67. The van der Waals surface area contributed by atoms with Crippen LogP contribution in [0.15, 0.2) is 48.5 Å². The van der Waals surface area contributed by atoms with Crippen LogP contribution in [0.2, 0.25) is 0 Å². The smallest absolute Gasteiger partial charge is 0.251 e. The molecule has 2 aliphatic heterocycles. The van der Waals surface area contributed by atoms with Crippen LogP contribution >= 0.6 is 0 Å². The molecule has 0 radical (unpaired) electrons. The molecule has 2 heterocycles. The molecule has 4 rings (SSSR count). The van der Waals surface area contributed by atoms with Crippen LogP contribution in [-0.4, -0.2) is 53.8 Å². The molecule has 1 N–H and O–H groups in total. The van der Waals surface area contributed by atoms with Gasteiger partial charge in [0.2, 0.25) is 11.8 Å². The third kappa shape index (κ3) is 4.15. The molecular formula is C23H25N3O4. The molecule has 0 spiro atoms. The molecule has 7 nitrogen and oxygen atoms in total. The van der Waals surface area contributed by atoms with Crippen LogP contribution in [0.4, 0.5) is 0 Å². The van der Waals surface area contributed by atoms with Gasteiger partial charge in [0.1, 0.15) is 18.3 Å². The molecule has 30 heavy (non-hydrogen) atoms. The van der Waals surface area contributed by atoms with Gasteiger partial charge in [-0.25, -0.2) is 0 Å². The van der Waals surface area contributed by atoms with E-state index in [1.165, 1.54) is 0 Å². The zero-order valence-electron chi connectivity index (χ0n) is 17.0. The summed E-state index contributed by atoms with van der Waals surface area (Å²) in [6.07, 6.45) is 1.63. The van der Waals surface area contributed by atoms with Crippen LogP contribution in [-0.2, 0) is 22.7 Å². The molecule has 2 aromatic rings. The molecule has 3 amide bonds. The van der Waals surface area contributed by atoms with Crippen LogP contribution < -0.4 is 10.1 Å². The zero-order valence-corrected chi connectivity index (χ0v) is 17.0. The van der Waals surface area contributed by atoms with E-state index in [4.69, 9.17) is 4.74 Å². The number of hydrogen-bond acceptors (Lipinski definition) is 4. The van der Waals surface area contributed by atoms with Gasteiger partial charge in [-0.3, -0.25) is 14.4 Å².